The van der Waals surface area contributed by atoms with Crippen molar-refractivity contribution in [2.24, 2.45) is 0 Å². The largest absolute Gasteiger partial charge is 0.396 e. The van der Waals surface area contributed by atoms with E-state index in [0.717, 1.165) is 39.3 Å². The van der Waals surface area contributed by atoms with E-state index < -0.39 is 0 Å². The number of ether oxygens (including phenoxy) is 1. The second-order valence-corrected chi connectivity index (χ2v) is 4.15. The maximum atomic E-state index is 8.73. The highest BCUT2D eigenvalue weighted by molar-refractivity contribution is 4.82. The van der Waals surface area contributed by atoms with E-state index in [1.807, 2.05) is 13.8 Å². The molecular formula is C12H26N2O2. The van der Waals surface area contributed by atoms with E-state index in [0.29, 0.717) is 12.6 Å². The summed E-state index contributed by atoms with van der Waals surface area (Å²) in [5, 5.41) is 8.73. The van der Waals surface area contributed by atoms with Crippen LogP contribution in [-0.4, -0.2) is 73.5 Å². The Kier molecular flexibility index (Phi) is 6.96. The first-order valence-electron chi connectivity index (χ1n) is 6.55. The van der Waals surface area contributed by atoms with E-state index in [9.17, 15) is 0 Å². The van der Waals surface area contributed by atoms with Crippen LogP contribution >= 0.6 is 0 Å². The lowest BCUT2D eigenvalue weighted by Crippen LogP contribution is -2.56. The third-order valence-electron chi connectivity index (χ3n) is 3.18. The van der Waals surface area contributed by atoms with Gasteiger partial charge in [0, 0.05) is 39.3 Å². The third kappa shape index (κ3) is 4.01. The maximum absolute atomic E-state index is 8.73. The lowest BCUT2D eigenvalue weighted by molar-refractivity contribution is -0.0769. The zero-order valence-electron chi connectivity index (χ0n) is 10.7. The Morgan fingerprint density at radius 3 is 2.19 bits per heavy atom. The fourth-order valence-corrected chi connectivity index (χ4v) is 2.08. The minimum Gasteiger partial charge on any atom is -0.396 e. The summed E-state index contributed by atoms with van der Waals surface area (Å²) in [5.41, 5.74) is 0. The number of hydrogen-bond acceptors (Lipinski definition) is 4. The number of aliphatic hydroxyl groups excluding tert-OH is 1. The fourth-order valence-electron chi connectivity index (χ4n) is 2.08. The summed E-state index contributed by atoms with van der Waals surface area (Å²) in [7, 11) is 0. The molecule has 2 heterocycles. The molecule has 0 amide bonds. The Bertz CT molecular complexity index is 166. The Morgan fingerprint density at radius 2 is 1.75 bits per heavy atom. The summed E-state index contributed by atoms with van der Waals surface area (Å²) in [5.74, 6) is 0. The summed E-state index contributed by atoms with van der Waals surface area (Å²) in [6, 6.07) is 0.690. The van der Waals surface area contributed by atoms with Crippen molar-refractivity contribution in [1.29, 1.82) is 0 Å². The number of piperazine rings is 1. The van der Waals surface area contributed by atoms with Gasteiger partial charge in [-0.25, -0.2) is 0 Å². The molecule has 0 aromatic carbocycles. The summed E-state index contributed by atoms with van der Waals surface area (Å²) >= 11 is 0. The predicted octanol–water partition coefficient (Wildman–Crippen LogP) is 0.411. The zero-order chi connectivity index (χ0) is 11.8. The van der Waals surface area contributed by atoms with Gasteiger partial charge in [-0.1, -0.05) is 13.8 Å². The SMILES string of the molecule is CC.OCCCN1CCN(C2COC2)CC1. The third-order valence-corrected chi connectivity index (χ3v) is 3.18. The van der Waals surface area contributed by atoms with Gasteiger partial charge in [0.05, 0.1) is 19.3 Å². The molecule has 2 aliphatic heterocycles. The summed E-state index contributed by atoms with van der Waals surface area (Å²) in [6.07, 6.45) is 0.909. The fraction of sp³-hybridized carbons (Fsp3) is 1.00. The standard InChI is InChI=1S/C10H20N2O2.C2H6/c13-7-1-2-11-3-5-12(6-4-11)10-8-14-9-10;1-2/h10,13H,1-9H2;1-2H3. The first-order chi connectivity index (χ1) is 7.90. The summed E-state index contributed by atoms with van der Waals surface area (Å²) in [4.78, 5) is 4.96. The molecule has 0 aliphatic carbocycles. The van der Waals surface area contributed by atoms with Crippen LogP contribution in [0.5, 0.6) is 0 Å². The van der Waals surface area contributed by atoms with Crippen molar-refractivity contribution in [3.63, 3.8) is 0 Å². The highest BCUT2D eigenvalue weighted by Gasteiger charge is 2.28. The second kappa shape index (κ2) is 8.01. The first kappa shape index (κ1) is 13.9. The van der Waals surface area contributed by atoms with Crippen LogP contribution in [-0.2, 0) is 4.74 Å². The van der Waals surface area contributed by atoms with Gasteiger partial charge in [-0.05, 0) is 6.42 Å². The maximum Gasteiger partial charge on any atom is 0.0645 e. The van der Waals surface area contributed by atoms with E-state index >= 15 is 0 Å². The van der Waals surface area contributed by atoms with Gasteiger partial charge in [0.25, 0.3) is 0 Å². The molecule has 96 valence electrons. The molecule has 0 spiro atoms. The van der Waals surface area contributed by atoms with Gasteiger partial charge in [0.15, 0.2) is 0 Å². The van der Waals surface area contributed by atoms with Crippen LogP contribution in [0, 0.1) is 0 Å². The first-order valence-corrected chi connectivity index (χ1v) is 6.55. The molecule has 1 N–H and O–H groups in total. The van der Waals surface area contributed by atoms with E-state index in [-0.39, 0.29) is 0 Å². The van der Waals surface area contributed by atoms with E-state index in [1.165, 1.54) is 13.1 Å². The molecule has 0 radical (unpaired) electrons. The second-order valence-electron chi connectivity index (χ2n) is 4.15. The molecule has 0 bridgehead atoms. The van der Waals surface area contributed by atoms with Gasteiger partial charge in [-0.3, -0.25) is 4.90 Å². The van der Waals surface area contributed by atoms with Crippen LogP contribution in [0.3, 0.4) is 0 Å². The van der Waals surface area contributed by atoms with Crippen LogP contribution in [0.15, 0.2) is 0 Å². The average molecular weight is 230 g/mol. The van der Waals surface area contributed by atoms with Crippen molar-refractivity contribution in [3.05, 3.63) is 0 Å². The van der Waals surface area contributed by atoms with E-state index in [2.05, 4.69) is 9.80 Å². The predicted molar refractivity (Wildman–Crippen MR) is 65.7 cm³/mol. The molecule has 0 atom stereocenters. The van der Waals surface area contributed by atoms with Crippen LogP contribution in [0.1, 0.15) is 20.3 Å². The van der Waals surface area contributed by atoms with Crippen molar-refractivity contribution >= 4 is 0 Å². The van der Waals surface area contributed by atoms with Crippen molar-refractivity contribution in [2.45, 2.75) is 26.3 Å². The van der Waals surface area contributed by atoms with Gasteiger partial charge in [-0.15, -0.1) is 0 Å². The lowest BCUT2D eigenvalue weighted by atomic mass is 10.2. The normalized spacial score (nSPS) is 23.4. The van der Waals surface area contributed by atoms with Crippen molar-refractivity contribution in [2.75, 3.05) is 52.5 Å². The molecule has 2 fully saturated rings. The van der Waals surface area contributed by atoms with Crippen LogP contribution in [0.4, 0.5) is 0 Å². The highest BCUT2D eigenvalue weighted by Crippen LogP contribution is 2.13. The number of aliphatic hydroxyl groups is 1. The van der Waals surface area contributed by atoms with Crippen LogP contribution < -0.4 is 0 Å². The molecule has 0 saturated carbocycles. The Hall–Kier alpha value is -0.160. The quantitative estimate of drug-likeness (QED) is 0.759. The van der Waals surface area contributed by atoms with Gasteiger partial charge in [0.2, 0.25) is 0 Å². The monoisotopic (exact) mass is 230 g/mol. The minimum absolute atomic E-state index is 0.316. The Balaban J connectivity index is 0.000000606. The Labute approximate surface area is 99.2 Å². The highest BCUT2D eigenvalue weighted by atomic mass is 16.5. The summed E-state index contributed by atoms with van der Waals surface area (Å²) in [6.45, 7) is 11.8. The molecule has 0 aromatic rings. The van der Waals surface area contributed by atoms with Crippen LogP contribution in [0.2, 0.25) is 0 Å². The average Bonchev–Trinajstić information content (AvgIpc) is 2.29. The van der Waals surface area contributed by atoms with Crippen LogP contribution in [0.25, 0.3) is 0 Å². The molecule has 4 heteroatoms. The molecule has 2 saturated heterocycles. The molecule has 4 nitrogen and oxygen atoms in total. The molecule has 2 rings (SSSR count). The zero-order valence-corrected chi connectivity index (χ0v) is 10.7. The van der Waals surface area contributed by atoms with Crippen molar-refractivity contribution in [1.82, 2.24) is 9.80 Å². The smallest absolute Gasteiger partial charge is 0.0645 e. The van der Waals surface area contributed by atoms with E-state index in [4.69, 9.17) is 9.84 Å². The van der Waals surface area contributed by atoms with Crippen molar-refractivity contribution < 1.29 is 9.84 Å². The minimum atomic E-state index is 0.316. The topological polar surface area (TPSA) is 35.9 Å². The van der Waals surface area contributed by atoms with Gasteiger partial charge in [-0.2, -0.15) is 0 Å². The molecule has 16 heavy (non-hydrogen) atoms. The van der Waals surface area contributed by atoms with E-state index in [1.54, 1.807) is 0 Å². The number of hydrogen-bond donors (Lipinski definition) is 1. The molecular weight excluding hydrogens is 204 g/mol. The Morgan fingerprint density at radius 1 is 1.12 bits per heavy atom. The van der Waals surface area contributed by atoms with Gasteiger partial charge < -0.3 is 14.7 Å². The molecule has 2 aliphatic rings. The van der Waals surface area contributed by atoms with Gasteiger partial charge >= 0.3 is 0 Å². The van der Waals surface area contributed by atoms with Crippen molar-refractivity contribution in [3.8, 4) is 0 Å². The number of nitrogens with zero attached hydrogens (tertiary/aromatic N) is 2. The number of rotatable bonds is 4. The molecule has 0 unspecified atom stereocenters. The lowest BCUT2D eigenvalue weighted by Gasteiger charge is -2.42. The summed E-state index contributed by atoms with van der Waals surface area (Å²) < 4.78 is 5.19. The molecule has 0 aromatic heterocycles. The van der Waals surface area contributed by atoms with Gasteiger partial charge in [0.1, 0.15) is 0 Å².